The summed E-state index contributed by atoms with van der Waals surface area (Å²) in [6.07, 6.45) is -6.93. The molecule has 145 heavy (non-hydrogen) atoms. The summed E-state index contributed by atoms with van der Waals surface area (Å²) in [5, 5.41) is 15.7. The van der Waals surface area contributed by atoms with Crippen LogP contribution < -0.4 is 15.9 Å². The molecule has 796 valence electrons. The number of aryl methyl sites for hydroxylation is 5. The molecule has 46 heteroatoms. The van der Waals surface area contributed by atoms with Gasteiger partial charge < -0.3 is 61.4 Å². The first kappa shape index (κ1) is 115. The maximum atomic E-state index is 13.7. The van der Waals surface area contributed by atoms with Crippen molar-refractivity contribution in [2.75, 3.05) is 81.2 Å². The van der Waals surface area contributed by atoms with Gasteiger partial charge in [0.1, 0.15) is 55.9 Å². The van der Waals surface area contributed by atoms with Gasteiger partial charge in [-0.15, -0.1) is 5.10 Å². The average molecular weight is 2190 g/mol. The van der Waals surface area contributed by atoms with Crippen molar-refractivity contribution in [1.82, 2.24) is 39.1 Å². The van der Waals surface area contributed by atoms with Crippen molar-refractivity contribution in [2.45, 2.75) is 290 Å². The molecule has 9 aromatic rings. The van der Waals surface area contributed by atoms with Gasteiger partial charge in [-0.25, -0.2) is 61.1 Å². The monoisotopic (exact) mass is 2190 g/mol. The molecule has 10 atom stereocenters. The minimum Gasteiger partial charge on any atom is -0.468 e. The number of aromatic amines is 1. The van der Waals surface area contributed by atoms with E-state index in [-0.39, 0.29) is 106 Å². The normalized spacial score (nSPS) is 24.6. The van der Waals surface area contributed by atoms with E-state index >= 15 is 0 Å². The van der Waals surface area contributed by atoms with Crippen LogP contribution in [0.4, 0.5) is 26.3 Å². The van der Waals surface area contributed by atoms with E-state index in [1.165, 1.54) is 37.1 Å². The number of halogens is 7. The third-order valence-corrected chi connectivity index (χ3v) is 40.7. The summed E-state index contributed by atoms with van der Waals surface area (Å²) in [5.41, 5.74) is 6.96. The van der Waals surface area contributed by atoms with Crippen LogP contribution in [0.3, 0.4) is 0 Å². The predicted octanol–water partition coefficient (Wildman–Crippen LogP) is 16.4. The number of methoxy groups -OCH3 is 4. The SMILES string of the molecule is COCn1[nH]c(=O)cc1C1CC(C)(S(=O)(=O)c2cccc(C)c2)CCO1.COCn1nc(B2OC(C)(C)C(C)(C)O2)cc1C1CC(C)(S(=O)(=O)c2cccc(C)c2)CCO1.COCn1nc(Br)cc1C1CC(C)(S(=O)(=O)c2cccc(C)c2)CCO1.COCn1nc(OCC(F)(F)F)cc1C1CC(C)(S(=O)(=O)c2cccc(C)c2)CCO1.Cc1cccc(S(=O)(=O)C2(C)CCOC(C3=CC(OCC(F)(F)F)=NC3)C2)c1. The Hall–Kier alpha value is -8.82. The molecule has 0 spiro atoms. The average Bonchev–Trinajstić information content (AvgIpc) is 1.69. The number of sulfone groups is 5. The third-order valence-electron chi connectivity index (χ3n) is 27.5. The summed E-state index contributed by atoms with van der Waals surface area (Å²) in [5.74, 6) is -0.341. The highest BCUT2D eigenvalue weighted by Crippen LogP contribution is 2.49. The van der Waals surface area contributed by atoms with Crippen molar-refractivity contribution in [3.05, 3.63) is 223 Å². The summed E-state index contributed by atoms with van der Waals surface area (Å²) < 4.78 is 282. The summed E-state index contributed by atoms with van der Waals surface area (Å²) in [7, 11) is -12.4. The number of hydrogen-bond acceptors (Lipinski definition) is 28. The second-order valence-electron chi connectivity index (χ2n) is 39.6. The fourth-order valence-electron chi connectivity index (χ4n) is 18.2. The Morgan fingerprint density at radius 3 is 1.06 bits per heavy atom. The van der Waals surface area contributed by atoms with Crippen LogP contribution in [-0.2, 0) is 133 Å². The van der Waals surface area contributed by atoms with Crippen LogP contribution in [0.5, 0.6) is 5.88 Å². The summed E-state index contributed by atoms with van der Waals surface area (Å²) in [6, 6.07) is 41.1. The van der Waals surface area contributed by atoms with E-state index in [0.29, 0.717) is 100 Å². The van der Waals surface area contributed by atoms with Crippen LogP contribution in [0.15, 0.2) is 196 Å². The van der Waals surface area contributed by atoms with Crippen LogP contribution in [-0.4, -0.2) is 229 Å². The molecule has 0 radical (unpaired) electrons. The van der Waals surface area contributed by atoms with Gasteiger partial charge in [-0.2, -0.15) is 36.5 Å². The highest BCUT2D eigenvalue weighted by atomic mass is 79.9. The molecule has 6 fully saturated rings. The maximum absolute atomic E-state index is 13.7. The molecular formula is C99H129BBrF6N9O24S5. The fourth-order valence-corrected chi connectivity index (χ4v) is 28.1. The predicted molar refractivity (Wildman–Crippen MR) is 532 cm³/mol. The Labute approximate surface area is 852 Å². The number of nitrogens with zero attached hydrogens (tertiary/aromatic N) is 8. The zero-order chi connectivity index (χ0) is 106. The summed E-state index contributed by atoms with van der Waals surface area (Å²) >= 11 is 3.37. The molecule has 11 heterocycles. The molecule has 6 saturated heterocycles. The minimum absolute atomic E-state index is 0.0497. The maximum Gasteiger partial charge on any atom is 0.516 e. The van der Waals surface area contributed by atoms with Gasteiger partial charge >= 0.3 is 19.5 Å². The first-order valence-electron chi connectivity index (χ1n) is 47.1. The van der Waals surface area contributed by atoms with E-state index < -0.39 is 141 Å². The molecule has 1 N–H and O–H groups in total. The van der Waals surface area contributed by atoms with E-state index in [0.717, 1.165) is 39.2 Å². The van der Waals surface area contributed by atoms with Crippen LogP contribution in [0.1, 0.15) is 202 Å². The van der Waals surface area contributed by atoms with Gasteiger partial charge in [0.25, 0.3) is 5.56 Å². The highest BCUT2D eigenvalue weighted by Gasteiger charge is 2.56. The first-order chi connectivity index (χ1) is 67.8. The third kappa shape index (κ3) is 26.6. The lowest BCUT2D eigenvalue weighted by molar-refractivity contribution is -0.156. The highest BCUT2D eigenvalue weighted by molar-refractivity contribution is 9.10. The molecule has 0 saturated carbocycles. The molecule has 5 aromatic carbocycles. The van der Waals surface area contributed by atoms with Crippen molar-refractivity contribution >= 4 is 83.7 Å². The van der Waals surface area contributed by atoms with E-state index in [1.807, 2.05) is 119 Å². The molecule has 33 nitrogen and oxygen atoms in total. The first-order valence-corrected chi connectivity index (χ1v) is 55.3. The lowest BCUT2D eigenvalue weighted by atomic mass is 9.84. The van der Waals surface area contributed by atoms with Gasteiger partial charge in [-0.3, -0.25) is 14.6 Å². The van der Waals surface area contributed by atoms with Gasteiger partial charge in [0.2, 0.25) is 11.8 Å². The van der Waals surface area contributed by atoms with Crippen LogP contribution >= 0.6 is 15.9 Å². The van der Waals surface area contributed by atoms with Crippen LogP contribution in [0.25, 0.3) is 0 Å². The van der Waals surface area contributed by atoms with Gasteiger partial charge in [-0.05, 0) is 283 Å². The van der Waals surface area contributed by atoms with E-state index in [2.05, 4.69) is 46.1 Å². The topological polar surface area (TPSA) is 394 Å². The fraction of sp³-hybridized carbons (Fsp3) is 0.545. The number of aliphatic imine (C=N–C) groups is 1. The Balaban J connectivity index is 0.000000162. The zero-order valence-electron chi connectivity index (χ0n) is 84.5. The Morgan fingerprint density at radius 2 is 0.717 bits per heavy atom. The zero-order valence-corrected chi connectivity index (χ0v) is 90.2. The molecule has 0 amide bonds. The molecule has 16 rings (SSSR count). The Morgan fingerprint density at radius 1 is 0.407 bits per heavy atom. The number of rotatable bonds is 27. The van der Waals surface area contributed by atoms with Crippen molar-refractivity contribution < 1.29 is 130 Å². The van der Waals surface area contributed by atoms with E-state index in [4.69, 9.17) is 56.7 Å². The standard InChI is InChI=1S/C24H35BN2O6S.C20H25F3N2O5S.C19H22F3NO4S.C18H23BrN2O4S.C18H24N2O5S/c1-17-9-8-10-18(13-17)34(28,29)24(6)11-12-31-20(15-24)19-14-21(26-27(19)16-30-7)25-32-22(2,3)23(4,5)33-25;1-14-5-4-6-15(9-14)31(26,27)19(2)7-8-29-17(11-19)16-10-18(24-25(16)13-28-3)30-12-20(21,22)23;1-13-4-3-5-15(8-13)28(24,25)18(2)6-7-26-16(10-18)14-9-17(23-11-14)27-12-19(20,21)22;1-13-5-4-6-14(9-13)26(22,23)18(2)7-8-25-16(11-18)15-10-17(19)20-21(15)12-24-3;1-13-5-4-6-14(9-13)26(22,23)18(2)7-8-25-16(11-18)15-10-17(21)19-20(15)12-24-3/h8-10,13-14,20H,11-12,15-16H2,1-7H3;4-6,9-10,17H,7-8,11-13H2,1-3H3;3-5,8-9,16H,6-7,10-12H2,1-2H3;4-6,9-10,16H,7-8,11-12H2,1-3H3;4-6,9-10,16H,7-8,11-12H2,1-3H3,(H,19,21). The molecule has 7 aliphatic heterocycles. The van der Waals surface area contributed by atoms with Crippen molar-refractivity contribution in [3.63, 3.8) is 0 Å². The summed E-state index contributed by atoms with van der Waals surface area (Å²) in [4.78, 5) is 17.2. The molecule has 0 bridgehead atoms. The number of ether oxygens (including phenoxy) is 11. The molecule has 7 aliphatic rings. The number of aromatic nitrogens is 8. The van der Waals surface area contributed by atoms with E-state index in [9.17, 15) is 73.2 Å². The Bertz CT molecular complexity index is 6780. The number of benzene rings is 5. The smallest absolute Gasteiger partial charge is 0.468 e. The van der Waals surface area contributed by atoms with Crippen molar-refractivity contribution in [3.8, 4) is 5.88 Å². The molecular weight excluding hydrogens is 2060 g/mol. The van der Waals surface area contributed by atoms with Gasteiger partial charge in [0, 0.05) is 79.7 Å². The second kappa shape index (κ2) is 45.9. The second-order valence-corrected chi connectivity index (χ2v) is 52.8. The Kier molecular flexibility index (Phi) is 36.4. The van der Waals surface area contributed by atoms with Gasteiger partial charge in [0.05, 0.1) is 100 Å². The van der Waals surface area contributed by atoms with Crippen LogP contribution in [0, 0.1) is 34.6 Å². The minimum atomic E-state index is -4.51. The van der Waals surface area contributed by atoms with Crippen molar-refractivity contribution in [2.24, 2.45) is 4.99 Å². The lowest BCUT2D eigenvalue weighted by Crippen LogP contribution is -2.45. The van der Waals surface area contributed by atoms with Crippen LogP contribution in [0.2, 0.25) is 0 Å². The number of H-pyrrole nitrogens is 1. The summed E-state index contributed by atoms with van der Waals surface area (Å²) in [6.45, 7) is 25.3. The number of hydrogen-bond donors (Lipinski definition) is 1. The molecule has 10 unspecified atom stereocenters. The number of nitrogens with one attached hydrogen (secondary N) is 1. The largest absolute Gasteiger partial charge is 0.516 e. The van der Waals surface area contributed by atoms with Gasteiger partial charge in [0.15, 0.2) is 62.4 Å². The molecule has 4 aromatic heterocycles. The van der Waals surface area contributed by atoms with Gasteiger partial charge in [-0.1, -0.05) is 60.7 Å². The molecule has 0 aliphatic carbocycles. The number of alkyl halides is 6. The lowest BCUT2D eigenvalue weighted by Gasteiger charge is -2.38. The van der Waals surface area contributed by atoms with E-state index in [1.54, 1.807) is 140 Å². The van der Waals surface area contributed by atoms with Crippen molar-refractivity contribution in [1.29, 1.82) is 0 Å². The quantitative estimate of drug-likeness (QED) is 0.0369.